The maximum Gasteiger partial charge on any atom is 0.0581 e. The van der Waals surface area contributed by atoms with Gasteiger partial charge in [-0.05, 0) is 19.9 Å². The van der Waals surface area contributed by atoms with Gasteiger partial charge in [-0.2, -0.15) is 5.10 Å². The normalized spacial score (nSPS) is 11.8. The van der Waals surface area contributed by atoms with Gasteiger partial charge in [0.1, 0.15) is 0 Å². The summed E-state index contributed by atoms with van der Waals surface area (Å²) < 4.78 is 0. The Morgan fingerprint density at radius 2 is 2.58 bits per heavy atom. The van der Waals surface area contributed by atoms with Gasteiger partial charge in [0.05, 0.1) is 12.2 Å². The molecule has 0 bridgehead atoms. The molecule has 0 aliphatic carbocycles. The molecule has 3 heteroatoms. The van der Waals surface area contributed by atoms with Gasteiger partial charge in [0, 0.05) is 12.2 Å². The van der Waals surface area contributed by atoms with Gasteiger partial charge >= 0.3 is 0 Å². The lowest BCUT2D eigenvalue weighted by Crippen LogP contribution is -2.19. The first-order chi connectivity index (χ1) is 5.84. The van der Waals surface area contributed by atoms with Crippen molar-refractivity contribution in [1.29, 1.82) is 0 Å². The quantitative estimate of drug-likeness (QED) is 0.655. The second kappa shape index (κ2) is 4.58. The van der Waals surface area contributed by atoms with Gasteiger partial charge in [-0.15, -0.1) is 5.92 Å². The molecule has 0 radical (unpaired) electrons. The minimum atomic E-state index is 0.286. The lowest BCUT2D eigenvalue weighted by Gasteiger charge is -2.07. The van der Waals surface area contributed by atoms with Crippen LogP contribution in [0.5, 0.6) is 0 Å². The van der Waals surface area contributed by atoms with Gasteiger partial charge in [0.25, 0.3) is 0 Å². The molecule has 12 heavy (non-hydrogen) atoms. The van der Waals surface area contributed by atoms with Crippen LogP contribution in [0.3, 0.4) is 0 Å². The Morgan fingerprint density at radius 1 is 1.75 bits per heavy atom. The van der Waals surface area contributed by atoms with Crippen LogP contribution in [0.15, 0.2) is 12.3 Å². The summed E-state index contributed by atoms with van der Waals surface area (Å²) in [5.74, 6) is 5.78. The number of rotatable bonds is 3. The average molecular weight is 163 g/mol. The zero-order chi connectivity index (χ0) is 8.81. The fourth-order valence-electron chi connectivity index (χ4n) is 0.910. The summed E-state index contributed by atoms with van der Waals surface area (Å²) in [5.41, 5.74) is 1.09. The molecule has 1 heterocycles. The fraction of sp³-hybridized carbons (Fsp3) is 0.444. The van der Waals surface area contributed by atoms with E-state index in [1.807, 2.05) is 13.0 Å². The number of nitrogens with one attached hydrogen (secondary N) is 2. The van der Waals surface area contributed by atoms with Crippen molar-refractivity contribution in [2.24, 2.45) is 0 Å². The lowest BCUT2D eigenvalue weighted by atomic mass is 10.2. The monoisotopic (exact) mass is 163 g/mol. The Balaban J connectivity index is 2.37. The number of aromatic nitrogens is 2. The van der Waals surface area contributed by atoms with E-state index in [2.05, 4.69) is 34.3 Å². The van der Waals surface area contributed by atoms with Crippen LogP contribution in [0.2, 0.25) is 0 Å². The first-order valence-electron chi connectivity index (χ1n) is 3.97. The van der Waals surface area contributed by atoms with E-state index >= 15 is 0 Å². The molecule has 0 saturated heterocycles. The van der Waals surface area contributed by atoms with E-state index in [0.29, 0.717) is 0 Å². The van der Waals surface area contributed by atoms with Crippen LogP contribution < -0.4 is 5.32 Å². The standard InChI is InChI=1S/C9H13N3/c1-3-4-6-10-8(2)9-5-7-11-12-9/h5,7-8,10H,6H2,1-2H3,(H,11,12). The van der Waals surface area contributed by atoms with E-state index in [4.69, 9.17) is 0 Å². The highest BCUT2D eigenvalue weighted by molar-refractivity contribution is 5.05. The average Bonchev–Trinajstić information content (AvgIpc) is 2.56. The number of H-pyrrole nitrogens is 1. The summed E-state index contributed by atoms with van der Waals surface area (Å²) in [6.45, 7) is 4.63. The first kappa shape index (κ1) is 8.82. The van der Waals surface area contributed by atoms with Crippen molar-refractivity contribution in [3.05, 3.63) is 18.0 Å². The summed E-state index contributed by atoms with van der Waals surface area (Å²) in [5, 5.41) is 10.0. The second-order valence-corrected chi connectivity index (χ2v) is 2.54. The van der Waals surface area contributed by atoms with Gasteiger partial charge in [0.2, 0.25) is 0 Å². The fourth-order valence-corrected chi connectivity index (χ4v) is 0.910. The highest BCUT2D eigenvalue weighted by atomic mass is 15.1. The van der Waals surface area contributed by atoms with E-state index < -0.39 is 0 Å². The largest absolute Gasteiger partial charge is 0.298 e. The Labute approximate surface area is 72.6 Å². The molecule has 0 saturated carbocycles. The highest BCUT2D eigenvalue weighted by Crippen LogP contribution is 2.05. The first-order valence-corrected chi connectivity index (χ1v) is 3.97. The van der Waals surface area contributed by atoms with Crippen molar-refractivity contribution < 1.29 is 0 Å². The second-order valence-electron chi connectivity index (χ2n) is 2.54. The van der Waals surface area contributed by atoms with Gasteiger partial charge in [-0.3, -0.25) is 10.4 Å². The Bertz CT molecular complexity index is 266. The molecule has 1 atom stereocenters. The van der Waals surface area contributed by atoms with Gasteiger partial charge in [-0.1, -0.05) is 5.92 Å². The molecule has 64 valence electrons. The minimum Gasteiger partial charge on any atom is -0.298 e. The maximum atomic E-state index is 3.87. The third-order valence-corrected chi connectivity index (χ3v) is 1.66. The van der Waals surface area contributed by atoms with Crippen LogP contribution in [0, 0.1) is 11.8 Å². The maximum absolute atomic E-state index is 3.87. The highest BCUT2D eigenvalue weighted by Gasteiger charge is 2.02. The number of hydrogen-bond donors (Lipinski definition) is 2. The van der Waals surface area contributed by atoms with Crippen LogP contribution in [-0.2, 0) is 0 Å². The van der Waals surface area contributed by atoms with Crippen LogP contribution in [-0.4, -0.2) is 16.7 Å². The van der Waals surface area contributed by atoms with Crippen LogP contribution in [0.1, 0.15) is 25.6 Å². The molecular formula is C9H13N3. The van der Waals surface area contributed by atoms with Gasteiger partial charge < -0.3 is 0 Å². The Kier molecular flexibility index (Phi) is 3.36. The van der Waals surface area contributed by atoms with Crippen molar-refractivity contribution in [3.63, 3.8) is 0 Å². The number of hydrogen-bond acceptors (Lipinski definition) is 2. The van der Waals surface area contributed by atoms with E-state index in [-0.39, 0.29) is 6.04 Å². The third kappa shape index (κ3) is 2.40. The summed E-state index contributed by atoms with van der Waals surface area (Å²) in [6.07, 6.45) is 1.75. The SMILES string of the molecule is CC#CCNC(C)c1ccn[nH]1. The third-order valence-electron chi connectivity index (χ3n) is 1.66. The summed E-state index contributed by atoms with van der Waals surface area (Å²) in [6, 6.07) is 2.24. The zero-order valence-corrected chi connectivity index (χ0v) is 7.39. The van der Waals surface area contributed by atoms with E-state index in [1.54, 1.807) is 6.20 Å². The van der Waals surface area contributed by atoms with Crippen molar-refractivity contribution in [2.45, 2.75) is 19.9 Å². The molecule has 2 N–H and O–H groups in total. The topological polar surface area (TPSA) is 40.7 Å². The Hall–Kier alpha value is -1.27. The molecule has 1 aromatic rings. The molecular weight excluding hydrogens is 150 g/mol. The van der Waals surface area contributed by atoms with Crippen molar-refractivity contribution in [2.75, 3.05) is 6.54 Å². The van der Waals surface area contributed by atoms with Crippen molar-refractivity contribution in [1.82, 2.24) is 15.5 Å². The predicted octanol–water partition coefficient (Wildman–Crippen LogP) is 1.08. The van der Waals surface area contributed by atoms with Crippen LogP contribution >= 0.6 is 0 Å². The van der Waals surface area contributed by atoms with Gasteiger partial charge in [-0.25, -0.2) is 0 Å². The Morgan fingerprint density at radius 3 is 3.17 bits per heavy atom. The summed E-state index contributed by atoms with van der Waals surface area (Å²) >= 11 is 0. The van der Waals surface area contributed by atoms with Crippen molar-refractivity contribution in [3.8, 4) is 11.8 Å². The van der Waals surface area contributed by atoms with Crippen LogP contribution in [0.4, 0.5) is 0 Å². The molecule has 0 aliphatic rings. The summed E-state index contributed by atoms with van der Waals surface area (Å²) in [4.78, 5) is 0. The summed E-state index contributed by atoms with van der Waals surface area (Å²) in [7, 11) is 0. The number of aromatic amines is 1. The minimum absolute atomic E-state index is 0.286. The van der Waals surface area contributed by atoms with Crippen LogP contribution in [0.25, 0.3) is 0 Å². The van der Waals surface area contributed by atoms with E-state index in [0.717, 1.165) is 12.2 Å². The lowest BCUT2D eigenvalue weighted by molar-refractivity contribution is 0.604. The molecule has 3 nitrogen and oxygen atoms in total. The molecule has 1 rings (SSSR count). The van der Waals surface area contributed by atoms with Gasteiger partial charge in [0.15, 0.2) is 0 Å². The molecule has 0 fully saturated rings. The molecule has 0 aromatic carbocycles. The van der Waals surface area contributed by atoms with E-state index in [9.17, 15) is 0 Å². The molecule has 1 aromatic heterocycles. The molecule has 0 amide bonds. The molecule has 0 aliphatic heterocycles. The van der Waals surface area contributed by atoms with Crippen molar-refractivity contribution >= 4 is 0 Å². The zero-order valence-electron chi connectivity index (χ0n) is 7.39. The smallest absolute Gasteiger partial charge is 0.0581 e. The molecule has 1 unspecified atom stereocenters. The number of nitrogens with zero attached hydrogens (tertiary/aromatic N) is 1. The van der Waals surface area contributed by atoms with E-state index in [1.165, 1.54) is 0 Å². The molecule has 0 spiro atoms. The predicted molar refractivity (Wildman–Crippen MR) is 48.5 cm³/mol.